The van der Waals surface area contributed by atoms with Gasteiger partial charge in [0, 0.05) is 39.8 Å². The molecule has 1 N–H and O–H groups in total. The Balaban J connectivity index is 0.00000225. The van der Waals surface area contributed by atoms with E-state index >= 15 is 0 Å². The quantitative estimate of drug-likeness (QED) is 0.792. The zero-order valence-corrected chi connectivity index (χ0v) is 11.8. The number of nitrogens with zero attached hydrogens (tertiary/aromatic N) is 2. The normalized spacial score (nSPS) is 18.8. The Kier molecular flexibility index (Phi) is 6.81. The van der Waals surface area contributed by atoms with Crippen molar-refractivity contribution in [2.24, 2.45) is 5.92 Å². The van der Waals surface area contributed by atoms with Crippen LogP contribution in [0.2, 0.25) is 0 Å². The minimum absolute atomic E-state index is 0. The Hall–Kier alpha value is 0.120. The highest BCUT2D eigenvalue weighted by molar-refractivity contribution is 7.86. The Labute approximate surface area is 105 Å². The van der Waals surface area contributed by atoms with Crippen LogP contribution in [0.15, 0.2) is 0 Å². The lowest BCUT2D eigenvalue weighted by Gasteiger charge is -2.31. The van der Waals surface area contributed by atoms with Crippen molar-refractivity contribution in [2.75, 3.05) is 39.8 Å². The van der Waals surface area contributed by atoms with Crippen LogP contribution in [-0.2, 0) is 10.2 Å². The van der Waals surface area contributed by atoms with Gasteiger partial charge in [-0.25, -0.2) is 0 Å². The van der Waals surface area contributed by atoms with E-state index in [2.05, 4.69) is 5.32 Å². The first-order valence-electron chi connectivity index (χ1n) is 5.36. The Morgan fingerprint density at radius 3 is 2.25 bits per heavy atom. The van der Waals surface area contributed by atoms with Crippen molar-refractivity contribution in [1.29, 1.82) is 0 Å². The fraction of sp³-hybridized carbons (Fsp3) is 1.00. The first-order chi connectivity index (χ1) is 6.94. The van der Waals surface area contributed by atoms with Gasteiger partial charge in [0.2, 0.25) is 0 Å². The van der Waals surface area contributed by atoms with Crippen molar-refractivity contribution in [3.8, 4) is 0 Å². The van der Waals surface area contributed by atoms with Crippen molar-refractivity contribution in [1.82, 2.24) is 13.9 Å². The van der Waals surface area contributed by atoms with E-state index in [4.69, 9.17) is 0 Å². The molecule has 1 aliphatic heterocycles. The van der Waals surface area contributed by atoms with Gasteiger partial charge in [-0.15, -0.1) is 12.4 Å². The molecule has 0 aliphatic carbocycles. The lowest BCUT2D eigenvalue weighted by atomic mass is 10.2. The molecule has 1 aliphatic rings. The molecule has 7 heteroatoms. The molecule has 16 heavy (non-hydrogen) atoms. The molecule has 0 bridgehead atoms. The molecule has 5 nitrogen and oxygen atoms in total. The lowest BCUT2D eigenvalue weighted by molar-refractivity contribution is 0.316. The van der Waals surface area contributed by atoms with Gasteiger partial charge >= 0.3 is 0 Å². The SMILES string of the molecule is CC(C)CN(C)S(=O)(=O)N1CCNCC1.Cl. The van der Waals surface area contributed by atoms with Gasteiger partial charge in [0.15, 0.2) is 0 Å². The standard InChI is InChI=1S/C9H21N3O2S.ClH/c1-9(2)8-11(3)15(13,14)12-6-4-10-5-7-12;/h9-10H,4-8H2,1-3H3;1H. The summed E-state index contributed by atoms with van der Waals surface area (Å²) < 4.78 is 27.1. The zero-order chi connectivity index (χ0) is 11.5. The van der Waals surface area contributed by atoms with Gasteiger partial charge < -0.3 is 5.32 Å². The summed E-state index contributed by atoms with van der Waals surface area (Å²) in [7, 11) is -1.58. The average molecular weight is 272 g/mol. The summed E-state index contributed by atoms with van der Waals surface area (Å²) in [6.07, 6.45) is 0. The number of rotatable bonds is 4. The second-order valence-electron chi connectivity index (χ2n) is 4.33. The van der Waals surface area contributed by atoms with E-state index < -0.39 is 10.2 Å². The Morgan fingerprint density at radius 1 is 1.31 bits per heavy atom. The molecule has 1 heterocycles. The number of hydrogen-bond donors (Lipinski definition) is 1. The van der Waals surface area contributed by atoms with Crippen molar-refractivity contribution >= 4 is 22.6 Å². The van der Waals surface area contributed by atoms with E-state index in [9.17, 15) is 8.42 Å². The highest BCUT2D eigenvalue weighted by Crippen LogP contribution is 2.09. The highest BCUT2D eigenvalue weighted by Gasteiger charge is 2.27. The summed E-state index contributed by atoms with van der Waals surface area (Å²) in [6.45, 7) is 7.25. The molecule has 0 aromatic carbocycles. The first kappa shape index (κ1) is 16.1. The minimum atomic E-state index is -3.23. The summed E-state index contributed by atoms with van der Waals surface area (Å²) in [5.74, 6) is 0.354. The molecule has 0 spiro atoms. The molecule has 0 atom stereocenters. The summed E-state index contributed by atoms with van der Waals surface area (Å²) in [4.78, 5) is 0. The second-order valence-corrected chi connectivity index (χ2v) is 6.37. The van der Waals surface area contributed by atoms with E-state index in [1.165, 1.54) is 4.31 Å². The van der Waals surface area contributed by atoms with Crippen molar-refractivity contribution < 1.29 is 8.42 Å². The van der Waals surface area contributed by atoms with Crippen LogP contribution in [0.3, 0.4) is 0 Å². The molecule has 1 saturated heterocycles. The van der Waals surface area contributed by atoms with Gasteiger partial charge in [-0.05, 0) is 5.92 Å². The second kappa shape index (κ2) is 6.76. The third-order valence-corrected chi connectivity index (χ3v) is 4.37. The summed E-state index contributed by atoms with van der Waals surface area (Å²) in [6, 6.07) is 0. The summed E-state index contributed by atoms with van der Waals surface area (Å²) in [5, 5.41) is 3.14. The summed E-state index contributed by atoms with van der Waals surface area (Å²) >= 11 is 0. The molecule has 0 unspecified atom stereocenters. The van der Waals surface area contributed by atoms with E-state index in [1.807, 2.05) is 13.8 Å². The number of nitrogens with one attached hydrogen (secondary N) is 1. The molecule has 1 fully saturated rings. The first-order valence-corrected chi connectivity index (χ1v) is 6.76. The van der Waals surface area contributed by atoms with Gasteiger partial charge in [0.05, 0.1) is 0 Å². The van der Waals surface area contributed by atoms with E-state index in [0.29, 0.717) is 25.6 Å². The van der Waals surface area contributed by atoms with Crippen LogP contribution in [0.5, 0.6) is 0 Å². The monoisotopic (exact) mass is 271 g/mol. The summed E-state index contributed by atoms with van der Waals surface area (Å²) in [5.41, 5.74) is 0. The van der Waals surface area contributed by atoms with E-state index in [-0.39, 0.29) is 12.4 Å². The fourth-order valence-electron chi connectivity index (χ4n) is 1.68. The number of piperazine rings is 1. The molecule has 0 radical (unpaired) electrons. The van der Waals surface area contributed by atoms with Crippen LogP contribution in [0.1, 0.15) is 13.8 Å². The molecular weight excluding hydrogens is 250 g/mol. The Bertz CT molecular complexity index is 289. The Morgan fingerprint density at radius 2 is 1.81 bits per heavy atom. The predicted octanol–water partition coefficient (Wildman–Crippen LogP) is 0.146. The maximum atomic E-state index is 12.0. The molecule has 0 amide bonds. The molecule has 0 aromatic heterocycles. The van der Waals surface area contributed by atoms with E-state index in [0.717, 1.165) is 13.1 Å². The zero-order valence-electron chi connectivity index (χ0n) is 10.1. The smallest absolute Gasteiger partial charge is 0.281 e. The molecule has 0 aromatic rings. The largest absolute Gasteiger partial charge is 0.314 e. The number of hydrogen-bond acceptors (Lipinski definition) is 3. The topological polar surface area (TPSA) is 52.7 Å². The third-order valence-electron chi connectivity index (χ3n) is 2.42. The average Bonchev–Trinajstić information content (AvgIpc) is 2.18. The van der Waals surface area contributed by atoms with Crippen molar-refractivity contribution in [3.05, 3.63) is 0 Å². The lowest BCUT2D eigenvalue weighted by Crippen LogP contribution is -2.51. The van der Waals surface area contributed by atoms with Gasteiger partial charge in [-0.3, -0.25) is 0 Å². The molecule has 98 valence electrons. The van der Waals surface area contributed by atoms with Crippen LogP contribution in [0, 0.1) is 5.92 Å². The minimum Gasteiger partial charge on any atom is -0.314 e. The van der Waals surface area contributed by atoms with E-state index in [1.54, 1.807) is 11.4 Å². The molecular formula is C9H22ClN3O2S. The predicted molar refractivity (Wildman–Crippen MR) is 68.1 cm³/mol. The molecule has 1 rings (SSSR count). The van der Waals surface area contributed by atoms with Crippen LogP contribution < -0.4 is 5.32 Å². The van der Waals surface area contributed by atoms with Gasteiger partial charge in [0.1, 0.15) is 0 Å². The van der Waals surface area contributed by atoms with Crippen LogP contribution in [0.25, 0.3) is 0 Å². The van der Waals surface area contributed by atoms with Crippen LogP contribution >= 0.6 is 12.4 Å². The van der Waals surface area contributed by atoms with Crippen LogP contribution in [0.4, 0.5) is 0 Å². The fourth-order valence-corrected chi connectivity index (χ4v) is 3.21. The maximum absolute atomic E-state index is 12.0. The van der Waals surface area contributed by atoms with Gasteiger partial charge in [-0.2, -0.15) is 17.0 Å². The van der Waals surface area contributed by atoms with Crippen molar-refractivity contribution in [3.63, 3.8) is 0 Å². The van der Waals surface area contributed by atoms with Gasteiger partial charge in [-0.1, -0.05) is 13.8 Å². The highest BCUT2D eigenvalue weighted by atomic mass is 35.5. The molecule has 0 saturated carbocycles. The number of halogens is 1. The van der Waals surface area contributed by atoms with Crippen LogP contribution in [-0.4, -0.2) is 56.8 Å². The third kappa shape index (κ3) is 4.18. The van der Waals surface area contributed by atoms with Gasteiger partial charge in [0.25, 0.3) is 10.2 Å². The van der Waals surface area contributed by atoms with Crippen molar-refractivity contribution in [2.45, 2.75) is 13.8 Å². The maximum Gasteiger partial charge on any atom is 0.281 e.